The maximum absolute atomic E-state index is 13.6. The molecule has 17 heteroatoms. The molecule has 0 aliphatic heterocycles. The molecule has 0 radical (unpaired) electrons. The van der Waals surface area contributed by atoms with E-state index in [1.807, 2.05) is 35.9 Å². The number of pyridine rings is 1. The van der Waals surface area contributed by atoms with Crippen LogP contribution < -0.4 is 10.6 Å². The van der Waals surface area contributed by atoms with E-state index in [-0.39, 0.29) is 56.6 Å². The van der Waals surface area contributed by atoms with Crippen LogP contribution in [0.25, 0.3) is 21.3 Å². The number of aromatic nitrogens is 6. The molecule has 0 amide bonds. The molecule has 1 spiro atoms. The summed E-state index contributed by atoms with van der Waals surface area (Å²) in [6.07, 6.45) is 6.75. The van der Waals surface area contributed by atoms with Gasteiger partial charge in [-0.1, -0.05) is 37.3 Å². The van der Waals surface area contributed by atoms with Crippen molar-refractivity contribution < 1.29 is 32.4 Å². The Bertz CT molecular complexity index is 2580. The fourth-order valence-corrected chi connectivity index (χ4v) is 13.4. The Morgan fingerprint density at radius 3 is 2.47 bits per heavy atom. The van der Waals surface area contributed by atoms with E-state index in [0.29, 0.717) is 47.3 Å². The van der Waals surface area contributed by atoms with Crippen molar-refractivity contribution in [2.75, 3.05) is 30.8 Å². The maximum atomic E-state index is 13.6. The van der Waals surface area contributed by atoms with Crippen molar-refractivity contribution >= 4 is 54.4 Å². The Labute approximate surface area is 333 Å². The van der Waals surface area contributed by atoms with E-state index in [0.717, 1.165) is 48.0 Å². The highest BCUT2D eigenvalue weighted by Crippen LogP contribution is 2.97. The first-order valence-electron chi connectivity index (χ1n) is 19.1. The minimum atomic E-state index is -4.02. The Kier molecular flexibility index (Phi) is 8.58. The first-order valence-corrected chi connectivity index (χ1v) is 21.5. The summed E-state index contributed by atoms with van der Waals surface area (Å²) in [6, 6.07) is 12.5. The third-order valence-electron chi connectivity index (χ3n) is 13.6. The highest BCUT2D eigenvalue weighted by atomic mass is 32.2. The van der Waals surface area contributed by atoms with Gasteiger partial charge >= 0.3 is 5.97 Å². The number of nitrogens with zero attached hydrogens (tertiary/aromatic N) is 6. The summed E-state index contributed by atoms with van der Waals surface area (Å²) >= 11 is 1.48. The number of thiazole rings is 1. The second-order valence-electron chi connectivity index (χ2n) is 17.2. The number of benzene rings is 1. The minimum absolute atomic E-state index is 0.0395. The van der Waals surface area contributed by atoms with Crippen LogP contribution in [-0.2, 0) is 21.4 Å². The number of ketones is 1. The van der Waals surface area contributed by atoms with E-state index in [1.165, 1.54) is 17.4 Å². The lowest BCUT2D eigenvalue weighted by atomic mass is 9.21. The molecule has 4 saturated carbocycles. The van der Waals surface area contributed by atoms with Gasteiger partial charge in [0.25, 0.3) is 10.1 Å². The number of carboxylic acids is 1. The molecule has 5 atom stereocenters. The van der Waals surface area contributed by atoms with Crippen molar-refractivity contribution in [3.05, 3.63) is 77.0 Å². The molecule has 57 heavy (non-hydrogen) atoms. The number of aryl methyl sites for hydroxylation is 1. The average Bonchev–Trinajstić information content (AvgIpc) is 3.86. The van der Waals surface area contributed by atoms with Gasteiger partial charge in [0.15, 0.2) is 16.6 Å². The highest BCUT2D eigenvalue weighted by Gasteiger charge is 2.92. The van der Waals surface area contributed by atoms with Crippen molar-refractivity contribution in [2.45, 2.75) is 71.9 Å². The Morgan fingerprint density at radius 1 is 0.947 bits per heavy atom. The van der Waals surface area contributed by atoms with Gasteiger partial charge in [-0.3, -0.25) is 14.0 Å². The molecule has 5 aromatic rings. The van der Waals surface area contributed by atoms with Crippen LogP contribution in [0, 0.1) is 35.5 Å². The van der Waals surface area contributed by atoms with Crippen LogP contribution in [0.4, 0.5) is 10.9 Å². The largest absolute Gasteiger partial charge is 0.476 e. The predicted octanol–water partition coefficient (Wildman–Crippen LogP) is 5.86. The number of fused-ring (bicyclic) bond motifs is 2. The number of carboxylic acid groups (broad SMARTS) is 1. The number of hydrogen-bond donors (Lipinski definition) is 4. The third-order valence-corrected chi connectivity index (χ3v) is 15.2. The monoisotopic (exact) mass is 812 g/mol. The first-order chi connectivity index (χ1) is 27.0. The molecule has 4 aliphatic rings. The number of nitrogens with one attached hydrogen (secondary N) is 2. The maximum Gasteiger partial charge on any atom is 0.355 e. The van der Waals surface area contributed by atoms with Gasteiger partial charge in [0, 0.05) is 41.9 Å². The van der Waals surface area contributed by atoms with E-state index in [9.17, 15) is 23.1 Å². The summed E-state index contributed by atoms with van der Waals surface area (Å²) in [4.78, 5) is 35.2. The van der Waals surface area contributed by atoms with Crippen molar-refractivity contribution in [2.24, 2.45) is 21.7 Å². The number of rotatable bonds is 15. The normalized spacial score (nSPS) is 28.2. The third kappa shape index (κ3) is 5.83. The molecular weight excluding hydrogens is 769 g/mol. The smallest absolute Gasteiger partial charge is 0.355 e. The van der Waals surface area contributed by atoms with Crippen LogP contribution in [0.5, 0.6) is 0 Å². The van der Waals surface area contributed by atoms with E-state index in [4.69, 9.17) is 14.4 Å². The van der Waals surface area contributed by atoms with Crippen LogP contribution in [0.1, 0.15) is 83.9 Å². The van der Waals surface area contributed by atoms with Gasteiger partial charge in [0.1, 0.15) is 11.4 Å². The average molecular weight is 813 g/mol. The quantitative estimate of drug-likeness (QED) is 0.0555. The molecule has 4 aromatic heterocycles. The van der Waals surface area contributed by atoms with Crippen LogP contribution in [0.15, 0.2) is 48.7 Å². The first kappa shape index (κ1) is 37.9. The number of carbonyl (C=O) groups is 2. The number of ether oxygens (including phenoxy) is 1. The van der Waals surface area contributed by atoms with E-state index in [2.05, 4.69) is 44.6 Å². The van der Waals surface area contributed by atoms with Gasteiger partial charge in [-0.2, -0.15) is 13.5 Å². The van der Waals surface area contributed by atoms with Gasteiger partial charge in [0.2, 0.25) is 5.78 Å². The summed E-state index contributed by atoms with van der Waals surface area (Å²) in [6.45, 7) is 10.3. The van der Waals surface area contributed by atoms with Crippen molar-refractivity contribution in [1.29, 1.82) is 0 Å². The molecule has 5 unspecified atom stereocenters. The Balaban J connectivity index is 0.925. The number of para-hydroxylation sites is 1. The fraction of sp³-hybridized carbons (Fsp3) is 0.475. The summed E-state index contributed by atoms with van der Waals surface area (Å²) < 4.78 is 40.9. The van der Waals surface area contributed by atoms with E-state index in [1.54, 1.807) is 25.3 Å². The summed E-state index contributed by atoms with van der Waals surface area (Å²) in [5.41, 5.74) is 3.23. The van der Waals surface area contributed by atoms with E-state index < -0.39 is 21.9 Å². The minimum Gasteiger partial charge on any atom is -0.476 e. The van der Waals surface area contributed by atoms with Crippen LogP contribution >= 0.6 is 11.3 Å². The number of carbonyl (C=O) groups excluding carboxylic acids is 1. The molecule has 15 nitrogen and oxygen atoms in total. The van der Waals surface area contributed by atoms with Gasteiger partial charge in [0.05, 0.1) is 34.4 Å². The summed E-state index contributed by atoms with van der Waals surface area (Å²) in [5.74, 6) is -1.69. The Morgan fingerprint density at radius 2 is 1.74 bits per heavy atom. The van der Waals surface area contributed by atoms with E-state index >= 15 is 0 Å². The van der Waals surface area contributed by atoms with Crippen LogP contribution in [-0.4, -0.2) is 90.8 Å². The van der Waals surface area contributed by atoms with Crippen molar-refractivity contribution in [3.63, 3.8) is 0 Å². The lowest BCUT2D eigenvalue weighted by Crippen LogP contribution is -2.78. The number of aromatic carboxylic acids is 1. The second kappa shape index (κ2) is 12.9. The standard InChI is InChI=1S/C40H44N8O7S2/c1-23-15-29(46-47-33(23)45-35-44-27-7-5-6-8-30(27)56-35)32(49)28-10-9-25(31(43-28)34(50)51)26-16-42-48(24(26)2)22-38-18-36(3)17-37(4)19-39(20-38,21-40(36,37)38)55-13-11-41-12-14-57(52,53)54/h5-10,15-16,41H,11-14,17-22H2,1-4H3,(H,50,51)(H,44,45,47)(H,52,53,54). The molecular formula is C40H44N8O7S2. The molecule has 4 N–H and O–H groups in total. The molecule has 298 valence electrons. The molecule has 4 heterocycles. The molecule has 2 bridgehead atoms. The van der Waals surface area contributed by atoms with Gasteiger partial charge in [-0.15, -0.1) is 10.2 Å². The van der Waals surface area contributed by atoms with Gasteiger partial charge in [-0.25, -0.2) is 14.8 Å². The lowest BCUT2D eigenvalue weighted by Gasteiger charge is -2.83. The zero-order chi connectivity index (χ0) is 40.2. The van der Waals surface area contributed by atoms with Gasteiger partial charge < -0.3 is 20.5 Å². The molecule has 4 aliphatic carbocycles. The van der Waals surface area contributed by atoms with Crippen molar-refractivity contribution in [1.82, 2.24) is 35.3 Å². The summed E-state index contributed by atoms with van der Waals surface area (Å²) in [5, 5.41) is 30.4. The molecule has 9 rings (SSSR count). The topological polar surface area (TPSA) is 211 Å². The lowest BCUT2D eigenvalue weighted by molar-refractivity contribution is -0.358. The predicted molar refractivity (Wildman–Crippen MR) is 212 cm³/mol. The Hall–Kier alpha value is -4.68. The zero-order valence-corrected chi connectivity index (χ0v) is 33.8. The SMILES string of the molecule is Cc1cc(C(=O)c2ccc(-c3cnn(CC45CC6(OCCNCCS(=O)(=O)O)CC7(C)CC(C)(C4)C75C6)c3C)c(C(=O)O)n2)nnc1Nc1nc2ccccc2s1. The number of hydrogen-bond acceptors (Lipinski definition) is 13. The zero-order valence-electron chi connectivity index (χ0n) is 32.1. The van der Waals surface area contributed by atoms with Crippen molar-refractivity contribution in [3.8, 4) is 11.1 Å². The second-order valence-corrected chi connectivity index (χ2v) is 19.8. The highest BCUT2D eigenvalue weighted by molar-refractivity contribution is 7.85. The van der Waals surface area contributed by atoms with Crippen LogP contribution in [0.3, 0.4) is 0 Å². The van der Waals surface area contributed by atoms with Crippen LogP contribution in [0.2, 0.25) is 0 Å². The molecule has 4 fully saturated rings. The van der Waals surface area contributed by atoms with Gasteiger partial charge in [-0.05, 0) is 98.1 Å². The molecule has 0 saturated heterocycles. The molecule has 1 aromatic carbocycles. The fourth-order valence-electron chi connectivity index (χ4n) is 12.2. The number of anilines is 2. The summed E-state index contributed by atoms with van der Waals surface area (Å²) in [7, 11) is -4.02.